The first-order valence-corrected chi connectivity index (χ1v) is 11.3. The fourth-order valence-electron chi connectivity index (χ4n) is 2.98. The summed E-state index contributed by atoms with van der Waals surface area (Å²) in [6, 6.07) is 17.9. The van der Waals surface area contributed by atoms with E-state index >= 15 is 0 Å². The Morgan fingerprint density at radius 3 is 2.58 bits per heavy atom. The van der Waals surface area contributed by atoms with Crippen LogP contribution in [0.2, 0.25) is 10.0 Å². The Balaban J connectivity index is 1.85. The lowest BCUT2D eigenvalue weighted by Crippen LogP contribution is -2.14. The number of carbonyl (C=O) groups excluding carboxylic acids is 1. The first-order valence-electron chi connectivity index (χ1n) is 9.76. The van der Waals surface area contributed by atoms with Gasteiger partial charge in [0, 0.05) is 21.3 Å². The van der Waals surface area contributed by atoms with Gasteiger partial charge in [0.25, 0.3) is 5.91 Å². The molecule has 0 bridgehead atoms. The molecule has 0 aliphatic heterocycles. The largest absolute Gasteiger partial charge is 0.493 e. The van der Waals surface area contributed by atoms with Crippen molar-refractivity contribution in [3.05, 3.63) is 91.4 Å². The number of nitrogens with zero attached hydrogens (tertiary/aromatic N) is 1. The molecule has 0 atom stereocenters. The van der Waals surface area contributed by atoms with Gasteiger partial charge in [-0.1, -0.05) is 47.5 Å². The third kappa shape index (κ3) is 6.08. The maximum Gasteiger partial charge on any atom is 0.266 e. The van der Waals surface area contributed by atoms with Crippen molar-refractivity contribution in [3.63, 3.8) is 0 Å². The van der Waals surface area contributed by atoms with Crippen LogP contribution < -0.4 is 14.8 Å². The van der Waals surface area contributed by atoms with Crippen LogP contribution in [-0.2, 0) is 11.4 Å². The maximum absolute atomic E-state index is 12.7. The second-order valence-electron chi connectivity index (χ2n) is 6.95. The van der Waals surface area contributed by atoms with Crippen molar-refractivity contribution in [2.75, 3.05) is 12.4 Å². The first kappa shape index (κ1) is 24.7. The molecule has 0 aromatic heterocycles. The van der Waals surface area contributed by atoms with Crippen LogP contribution in [0.25, 0.3) is 6.08 Å². The maximum atomic E-state index is 12.7. The fourth-order valence-corrected chi connectivity index (χ4v) is 3.92. The molecule has 0 aliphatic carbocycles. The fraction of sp³-hybridized carbons (Fsp3) is 0.120. The van der Waals surface area contributed by atoms with Gasteiger partial charge in [-0.3, -0.25) is 4.79 Å². The van der Waals surface area contributed by atoms with E-state index < -0.39 is 5.91 Å². The van der Waals surface area contributed by atoms with Gasteiger partial charge in [0.2, 0.25) is 0 Å². The molecule has 0 fully saturated rings. The third-order valence-corrected chi connectivity index (χ3v) is 6.14. The van der Waals surface area contributed by atoms with Gasteiger partial charge in [0.15, 0.2) is 11.5 Å². The zero-order valence-corrected chi connectivity index (χ0v) is 20.9. The third-order valence-electron chi connectivity index (χ3n) is 4.77. The molecule has 8 heteroatoms. The summed E-state index contributed by atoms with van der Waals surface area (Å²) in [6.07, 6.45) is 1.47. The van der Waals surface area contributed by atoms with Crippen molar-refractivity contribution in [1.29, 1.82) is 5.26 Å². The molecule has 3 aromatic rings. The van der Waals surface area contributed by atoms with Crippen LogP contribution in [0, 0.1) is 18.3 Å². The smallest absolute Gasteiger partial charge is 0.266 e. The highest BCUT2D eigenvalue weighted by molar-refractivity contribution is 9.10. The molecule has 0 radical (unpaired) electrons. The van der Waals surface area contributed by atoms with Gasteiger partial charge in [-0.05, 0) is 70.4 Å². The van der Waals surface area contributed by atoms with Gasteiger partial charge in [-0.2, -0.15) is 5.26 Å². The molecule has 0 unspecified atom stereocenters. The van der Waals surface area contributed by atoms with Crippen molar-refractivity contribution in [3.8, 4) is 17.6 Å². The normalized spacial score (nSPS) is 11.0. The number of hydrogen-bond donors (Lipinski definition) is 1. The van der Waals surface area contributed by atoms with Crippen molar-refractivity contribution < 1.29 is 14.3 Å². The Bertz CT molecular complexity index is 1270. The van der Waals surface area contributed by atoms with Crippen molar-refractivity contribution in [2.45, 2.75) is 13.5 Å². The number of nitrogens with one attached hydrogen (secondary N) is 1. The van der Waals surface area contributed by atoms with E-state index in [-0.39, 0.29) is 12.2 Å². The lowest BCUT2D eigenvalue weighted by molar-refractivity contribution is -0.112. The zero-order valence-electron chi connectivity index (χ0n) is 17.8. The van der Waals surface area contributed by atoms with Gasteiger partial charge in [0.1, 0.15) is 18.2 Å². The number of ether oxygens (including phenoxy) is 2. The second kappa shape index (κ2) is 11.2. The standard InChI is InChI=1S/C25H19BrCl2N2O3/c1-15-20(27)8-5-9-22(15)30-25(31)18(13-29)10-16-11-19(26)24(23(12-16)32-2)33-14-17-6-3-4-7-21(17)28/h3-12H,14H2,1-2H3,(H,30,31)/b18-10+. The van der Waals surface area contributed by atoms with Crippen molar-refractivity contribution in [2.24, 2.45) is 0 Å². The Labute approximate surface area is 210 Å². The molecule has 0 heterocycles. The zero-order chi connectivity index (χ0) is 24.0. The average Bonchev–Trinajstić information content (AvgIpc) is 2.80. The van der Waals surface area contributed by atoms with E-state index in [0.717, 1.165) is 5.56 Å². The van der Waals surface area contributed by atoms with E-state index in [9.17, 15) is 10.1 Å². The lowest BCUT2D eigenvalue weighted by Gasteiger charge is -2.14. The molecule has 0 saturated carbocycles. The molecule has 33 heavy (non-hydrogen) atoms. The minimum Gasteiger partial charge on any atom is -0.493 e. The Morgan fingerprint density at radius 2 is 1.88 bits per heavy atom. The van der Waals surface area contributed by atoms with E-state index in [4.69, 9.17) is 32.7 Å². The topological polar surface area (TPSA) is 71.3 Å². The summed E-state index contributed by atoms with van der Waals surface area (Å²) >= 11 is 15.8. The number of methoxy groups -OCH3 is 1. The molecular weight excluding hydrogens is 527 g/mol. The summed E-state index contributed by atoms with van der Waals surface area (Å²) in [5, 5.41) is 13.4. The highest BCUT2D eigenvalue weighted by Gasteiger charge is 2.15. The average molecular weight is 546 g/mol. The summed E-state index contributed by atoms with van der Waals surface area (Å²) in [7, 11) is 1.51. The van der Waals surface area contributed by atoms with Gasteiger partial charge >= 0.3 is 0 Å². The number of benzene rings is 3. The van der Waals surface area contributed by atoms with E-state index in [0.29, 0.717) is 42.8 Å². The molecule has 0 spiro atoms. The molecule has 1 amide bonds. The van der Waals surface area contributed by atoms with E-state index in [1.165, 1.54) is 13.2 Å². The highest BCUT2D eigenvalue weighted by Crippen LogP contribution is 2.38. The van der Waals surface area contributed by atoms with E-state index in [1.54, 1.807) is 43.3 Å². The molecule has 3 aromatic carbocycles. The second-order valence-corrected chi connectivity index (χ2v) is 8.62. The molecule has 168 valence electrons. The summed E-state index contributed by atoms with van der Waals surface area (Å²) in [5.41, 5.74) is 2.59. The molecule has 0 aliphatic rings. The summed E-state index contributed by atoms with van der Waals surface area (Å²) in [5.74, 6) is 0.371. The quantitative estimate of drug-likeness (QED) is 0.252. The van der Waals surface area contributed by atoms with Crippen LogP contribution in [0.15, 0.2) is 64.6 Å². The van der Waals surface area contributed by atoms with Crippen LogP contribution >= 0.6 is 39.1 Å². The van der Waals surface area contributed by atoms with Crippen LogP contribution in [-0.4, -0.2) is 13.0 Å². The van der Waals surface area contributed by atoms with Crippen molar-refractivity contribution >= 4 is 56.8 Å². The van der Waals surface area contributed by atoms with Gasteiger partial charge in [-0.25, -0.2) is 0 Å². The van der Waals surface area contributed by atoms with Gasteiger partial charge in [-0.15, -0.1) is 0 Å². The molecule has 1 N–H and O–H groups in total. The molecular formula is C25H19BrCl2N2O3. The van der Waals surface area contributed by atoms with Gasteiger partial charge < -0.3 is 14.8 Å². The predicted octanol–water partition coefficient (Wildman–Crippen LogP) is 7.20. The van der Waals surface area contributed by atoms with Gasteiger partial charge in [0.05, 0.1) is 11.6 Å². The predicted molar refractivity (Wildman–Crippen MR) is 135 cm³/mol. The number of amides is 1. The monoisotopic (exact) mass is 544 g/mol. The number of nitriles is 1. The minimum atomic E-state index is -0.544. The lowest BCUT2D eigenvalue weighted by atomic mass is 10.1. The van der Waals surface area contributed by atoms with E-state index in [1.807, 2.05) is 24.3 Å². The van der Waals surface area contributed by atoms with Crippen LogP contribution in [0.4, 0.5) is 5.69 Å². The Morgan fingerprint density at radius 1 is 1.15 bits per heavy atom. The number of rotatable bonds is 7. The number of hydrogen-bond acceptors (Lipinski definition) is 4. The van der Waals surface area contributed by atoms with Crippen molar-refractivity contribution in [1.82, 2.24) is 0 Å². The minimum absolute atomic E-state index is 0.0759. The highest BCUT2D eigenvalue weighted by atomic mass is 79.9. The first-order chi connectivity index (χ1) is 15.8. The van der Waals surface area contributed by atoms with Crippen LogP contribution in [0.5, 0.6) is 11.5 Å². The molecule has 0 saturated heterocycles. The SMILES string of the molecule is COc1cc(/C=C(\C#N)C(=O)Nc2cccc(Cl)c2C)cc(Br)c1OCc1ccccc1Cl. The summed E-state index contributed by atoms with van der Waals surface area (Å²) < 4.78 is 12.0. The molecule has 5 nitrogen and oxygen atoms in total. The Kier molecular flexibility index (Phi) is 8.40. The van der Waals surface area contributed by atoms with Crippen LogP contribution in [0.1, 0.15) is 16.7 Å². The Hall–Kier alpha value is -2.98. The number of carbonyl (C=O) groups is 1. The number of halogens is 3. The number of anilines is 1. The van der Waals surface area contributed by atoms with E-state index in [2.05, 4.69) is 21.2 Å². The summed E-state index contributed by atoms with van der Waals surface area (Å²) in [4.78, 5) is 12.7. The molecule has 3 rings (SSSR count). The summed E-state index contributed by atoms with van der Waals surface area (Å²) in [6.45, 7) is 2.03. The van der Waals surface area contributed by atoms with Crippen LogP contribution in [0.3, 0.4) is 0 Å².